The van der Waals surface area contributed by atoms with E-state index in [1.54, 1.807) is 0 Å². The van der Waals surface area contributed by atoms with Gasteiger partial charge < -0.3 is 16.0 Å². The van der Waals surface area contributed by atoms with Crippen LogP contribution >= 0.6 is 0 Å². The van der Waals surface area contributed by atoms with Gasteiger partial charge in [0.2, 0.25) is 0 Å². The minimum Gasteiger partial charge on any atom is -0.387 e. The number of nitrogens with zero attached hydrogens (tertiary/aromatic N) is 2. The molecule has 1 fully saturated rings. The SMILES string of the molecule is CC1(C)CC(N/C=C(/C#N)C(=O)Nc2cccc([N+](=O)[O-])c2)CC(C)(C)N1. The van der Waals surface area contributed by atoms with E-state index >= 15 is 0 Å². The molecule has 1 aliphatic rings. The zero-order chi connectivity index (χ0) is 20.2. The van der Waals surface area contributed by atoms with Crippen LogP contribution in [0.3, 0.4) is 0 Å². The summed E-state index contributed by atoms with van der Waals surface area (Å²) >= 11 is 0. The molecule has 2 rings (SSSR count). The van der Waals surface area contributed by atoms with E-state index in [0.29, 0.717) is 0 Å². The van der Waals surface area contributed by atoms with E-state index in [2.05, 4.69) is 43.6 Å². The maximum atomic E-state index is 12.3. The maximum Gasteiger partial charge on any atom is 0.271 e. The topological polar surface area (TPSA) is 120 Å². The number of anilines is 1. The van der Waals surface area contributed by atoms with E-state index in [1.165, 1.54) is 30.5 Å². The van der Waals surface area contributed by atoms with Crippen LogP contribution in [0.2, 0.25) is 0 Å². The fraction of sp³-hybridized carbons (Fsp3) is 0.474. The molecule has 3 N–H and O–H groups in total. The van der Waals surface area contributed by atoms with Crippen molar-refractivity contribution in [3.05, 3.63) is 46.2 Å². The van der Waals surface area contributed by atoms with Crippen LogP contribution in [0.4, 0.5) is 11.4 Å². The molecule has 0 unspecified atom stereocenters. The van der Waals surface area contributed by atoms with Gasteiger partial charge in [-0.2, -0.15) is 5.26 Å². The van der Waals surface area contributed by atoms with Crippen molar-refractivity contribution in [2.75, 3.05) is 5.32 Å². The highest BCUT2D eigenvalue weighted by atomic mass is 16.6. The van der Waals surface area contributed by atoms with Crippen LogP contribution in [0.5, 0.6) is 0 Å². The van der Waals surface area contributed by atoms with Crippen LogP contribution < -0.4 is 16.0 Å². The Bertz CT molecular complexity index is 792. The van der Waals surface area contributed by atoms with Gasteiger partial charge in [0.1, 0.15) is 11.6 Å². The third kappa shape index (κ3) is 5.79. The van der Waals surface area contributed by atoms with Gasteiger partial charge in [0.25, 0.3) is 11.6 Å². The first kappa shape index (κ1) is 20.4. The highest BCUT2D eigenvalue weighted by Crippen LogP contribution is 2.28. The van der Waals surface area contributed by atoms with Crippen molar-refractivity contribution in [2.24, 2.45) is 0 Å². The fourth-order valence-corrected chi connectivity index (χ4v) is 3.69. The largest absolute Gasteiger partial charge is 0.387 e. The predicted octanol–water partition coefficient (Wildman–Crippen LogP) is 2.84. The molecule has 1 aromatic carbocycles. The molecule has 1 aliphatic heterocycles. The third-order valence-electron chi connectivity index (χ3n) is 4.33. The Morgan fingerprint density at radius 1 is 1.33 bits per heavy atom. The Hall–Kier alpha value is -2.92. The molecule has 0 bridgehead atoms. The van der Waals surface area contributed by atoms with Gasteiger partial charge in [-0.1, -0.05) is 6.07 Å². The first-order chi connectivity index (χ1) is 12.5. The number of carbonyl (C=O) groups is 1. The van der Waals surface area contributed by atoms with Crippen molar-refractivity contribution >= 4 is 17.3 Å². The standard InChI is InChI=1S/C19H25N5O3/c1-18(2)9-15(10-19(3,4)23-18)21-12-13(11-20)17(25)22-14-6-5-7-16(8-14)24(26)27/h5-8,12,15,21,23H,9-10H2,1-4H3,(H,22,25)/b13-12-. The summed E-state index contributed by atoms with van der Waals surface area (Å²) in [5.41, 5.74) is -0.0842. The van der Waals surface area contributed by atoms with Crippen molar-refractivity contribution in [3.63, 3.8) is 0 Å². The van der Waals surface area contributed by atoms with Gasteiger partial charge in [-0.3, -0.25) is 14.9 Å². The highest BCUT2D eigenvalue weighted by Gasteiger charge is 2.37. The molecule has 8 nitrogen and oxygen atoms in total. The van der Waals surface area contributed by atoms with Gasteiger partial charge in [-0.05, 0) is 46.6 Å². The number of rotatable bonds is 5. The summed E-state index contributed by atoms with van der Waals surface area (Å²) in [6.45, 7) is 8.47. The lowest BCUT2D eigenvalue weighted by molar-refractivity contribution is -0.384. The van der Waals surface area contributed by atoms with Crippen LogP contribution in [-0.4, -0.2) is 28.0 Å². The van der Waals surface area contributed by atoms with E-state index in [-0.39, 0.29) is 34.1 Å². The third-order valence-corrected chi connectivity index (χ3v) is 4.33. The van der Waals surface area contributed by atoms with Crippen molar-refractivity contribution in [1.82, 2.24) is 10.6 Å². The number of nitro groups is 1. The lowest BCUT2D eigenvalue weighted by atomic mass is 9.80. The highest BCUT2D eigenvalue weighted by molar-refractivity contribution is 6.06. The number of piperidine rings is 1. The normalized spacial score (nSPS) is 19.0. The molecule has 27 heavy (non-hydrogen) atoms. The van der Waals surface area contributed by atoms with E-state index in [1.807, 2.05) is 6.07 Å². The first-order valence-electron chi connectivity index (χ1n) is 8.73. The Morgan fingerprint density at radius 3 is 2.52 bits per heavy atom. The average Bonchev–Trinajstić information content (AvgIpc) is 2.52. The average molecular weight is 371 g/mol. The second kappa shape index (κ2) is 7.76. The minimum absolute atomic E-state index is 0.0642. The lowest BCUT2D eigenvalue weighted by Gasteiger charge is -2.46. The monoisotopic (exact) mass is 371 g/mol. The molecule has 0 saturated carbocycles. The summed E-state index contributed by atoms with van der Waals surface area (Å²) in [5.74, 6) is -0.613. The van der Waals surface area contributed by atoms with Gasteiger partial charge in [0.05, 0.1) is 4.92 Å². The molecule has 0 atom stereocenters. The molecule has 144 valence electrons. The Kier molecular flexibility index (Phi) is 5.86. The quantitative estimate of drug-likeness (QED) is 0.317. The molecule has 0 aliphatic carbocycles. The number of benzene rings is 1. The molecule has 1 saturated heterocycles. The predicted molar refractivity (Wildman–Crippen MR) is 103 cm³/mol. The minimum atomic E-state index is -0.613. The zero-order valence-electron chi connectivity index (χ0n) is 16.0. The molecular formula is C19H25N5O3. The summed E-state index contributed by atoms with van der Waals surface area (Å²) in [4.78, 5) is 22.6. The van der Waals surface area contributed by atoms with Crippen LogP contribution in [-0.2, 0) is 4.79 Å². The van der Waals surface area contributed by atoms with E-state index in [9.17, 15) is 20.2 Å². The maximum absolute atomic E-state index is 12.3. The second-order valence-corrected chi connectivity index (χ2v) is 8.10. The molecule has 1 amide bonds. The molecular weight excluding hydrogens is 346 g/mol. The number of hydrogen-bond acceptors (Lipinski definition) is 6. The van der Waals surface area contributed by atoms with Gasteiger partial charge in [0, 0.05) is 41.1 Å². The summed E-state index contributed by atoms with van der Waals surface area (Å²) < 4.78 is 0. The van der Waals surface area contributed by atoms with Crippen molar-refractivity contribution in [3.8, 4) is 6.07 Å². The second-order valence-electron chi connectivity index (χ2n) is 8.10. The van der Waals surface area contributed by atoms with Gasteiger partial charge in [-0.15, -0.1) is 0 Å². The number of nitrogens with one attached hydrogen (secondary N) is 3. The van der Waals surface area contributed by atoms with Crippen molar-refractivity contribution in [2.45, 2.75) is 57.7 Å². The number of amides is 1. The van der Waals surface area contributed by atoms with Gasteiger partial charge >= 0.3 is 0 Å². The van der Waals surface area contributed by atoms with Crippen LogP contribution in [0.15, 0.2) is 36.0 Å². The van der Waals surface area contributed by atoms with Crippen LogP contribution in [0, 0.1) is 21.4 Å². The van der Waals surface area contributed by atoms with Crippen molar-refractivity contribution in [1.29, 1.82) is 5.26 Å². The lowest BCUT2D eigenvalue weighted by Crippen LogP contribution is -2.61. The van der Waals surface area contributed by atoms with Gasteiger partial charge in [0.15, 0.2) is 0 Å². The Balaban J connectivity index is 2.07. The molecule has 0 spiro atoms. The number of nitriles is 1. The van der Waals surface area contributed by atoms with Crippen LogP contribution in [0.25, 0.3) is 0 Å². The summed E-state index contributed by atoms with van der Waals surface area (Å²) in [5, 5.41) is 29.4. The smallest absolute Gasteiger partial charge is 0.271 e. The van der Waals surface area contributed by atoms with Crippen molar-refractivity contribution < 1.29 is 9.72 Å². The number of hydrogen-bond donors (Lipinski definition) is 3. The molecule has 1 heterocycles. The number of carbonyl (C=O) groups excluding carboxylic acids is 1. The summed E-state index contributed by atoms with van der Waals surface area (Å²) in [6, 6.07) is 7.58. The summed E-state index contributed by atoms with van der Waals surface area (Å²) in [6.07, 6.45) is 3.12. The van der Waals surface area contributed by atoms with E-state index < -0.39 is 10.8 Å². The Morgan fingerprint density at radius 2 is 1.96 bits per heavy atom. The number of nitro benzene ring substituents is 1. The molecule has 0 radical (unpaired) electrons. The van der Waals surface area contributed by atoms with Gasteiger partial charge in [-0.25, -0.2) is 0 Å². The zero-order valence-corrected chi connectivity index (χ0v) is 16.0. The molecule has 0 aromatic heterocycles. The summed E-state index contributed by atoms with van der Waals surface area (Å²) in [7, 11) is 0. The Labute approximate surface area is 158 Å². The number of non-ortho nitro benzene ring substituents is 1. The molecule has 8 heteroatoms. The fourth-order valence-electron chi connectivity index (χ4n) is 3.69. The van der Waals surface area contributed by atoms with Crippen LogP contribution in [0.1, 0.15) is 40.5 Å². The van der Waals surface area contributed by atoms with E-state index in [4.69, 9.17) is 0 Å². The molecule has 1 aromatic rings. The van der Waals surface area contributed by atoms with E-state index in [0.717, 1.165) is 12.8 Å². The first-order valence-corrected chi connectivity index (χ1v) is 8.73.